The van der Waals surface area contributed by atoms with Gasteiger partial charge in [-0.2, -0.15) is 5.10 Å². The number of hydrogen-bond acceptors (Lipinski definition) is 5. The maximum atomic E-state index is 11.6. The molecule has 0 amide bonds. The number of aromatic amines is 1. The van der Waals surface area contributed by atoms with E-state index in [2.05, 4.69) is 20.5 Å². The van der Waals surface area contributed by atoms with Crippen molar-refractivity contribution in [2.24, 2.45) is 5.10 Å². The molecule has 0 spiro atoms. The fourth-order valence-corrected chi connectivity index (χ4v) is 1.97. The van der Waals surface area contributed by atoms with Gasteiger partial charge >= 0.3 is 0 Å². The minimum absolute atomic E-state index is 0.173. The zero-order chi connectivity index (χ0) is 17.7. The van der Waals surface area contributed by atoms with Gasteiger partial charge in [-0.15, -0.1) is 0 Å². The molecule has 0 aliphatic rings. The molecule has 0 saturated carbocycles. The number of ether oxygens (including phenoxy) is 1. The molecule has 1 aromatic carbocycles. The molecule has 0 aliphatic carbocycles. The first-order chi connectivity index (χ1) is 11.2. The highest BCUT2D eigenvalue weighted by atomic mass is 16.5. The Bertz CT molecular complexity index is 756. The third-order valence-corrected chi connectivity index (χ3v) is 3.04. The minimum Gasteiger partial charge on any atom is -0.488 e. The fraction of sp³-hybridized carbons (Fsp3) is 0.389. The van der Waals surface area contributed by atoms with Crippen LogP contribution in [0.5, 0.6) is 5.75 Å². The van der Waals surface area contributed by atoms with Gasteiger partial charge in [-0.05, 0) is 56.5 Å². The van der Waals surface area contributed by atoms with E-state index in [0.717, 1.165) is 17.0 Å². The van der Waals surface area contributed by atoms with Crippen LogP contribution in [0.3, 0.4) is 0 Å². The van der Waals surface area contributed by atoms with Crippen LogP contribution in [0.25, 0.3) is 0 Å². The number of rotatable bonds is 5. The zero-order valence-electron chi connectivity index (χ0n) is 14.8. The average Bonchev–Trinajstić information content (AvgIpc) is 2.47. The first-order valence-corrected chi connectivity index (χ1v) is 7.92. The van der Waals surface area contributed by atoms with Crippen LogP contribution >= 0.6 is 0 Å². The van der Waals surface area contributed by atoms with Crippen molar-refractivity contribution in [3.8, 4) is 5.75 Å². The van der Waals surface area contributed by atoms with Crippen molar-refractivity contribution in [1.82, 2.24) is 9.97 Å². The number of nitrogens with zero attached hydrogens (tertiary/aromatic N) is 2. The van der Waals surface area contributed by atoms with E-state index in [0.29, 0.717) is 5.95 Å². The van der Waals surface area contributed by atoms with Crippen molar-refractivity contribution >= 4 is 12.2 Å². The molecule has 0 bridgehead atoms. The lowest BCUT2D eigenvalue weighted by molar-refractivity contribution is 0.131. The van der Waals surface area contributed by atoms with Gasteiger partial charge in [0, 0.05) is 6.07 Å². The van der Waals surface area contributed by atoms with Gasteiger partial charge in [0.2, 0.25) is 5.95 Å². The number of nitrogens with one attached hydrogen (secondary N) is 2. The number of aromatic nitrogens is 2. The highest BCUT2D eigenvalue weighted by molar-refractivity contribution is 5.80. The molecule has 128 valence electrons. The van der Waals surface area contributed by atoms with Crippen molar-refractivity contribution < 1.29 is 4.74 Å². The van der Waals surface area contributed by atoms with Gasteiger partial charge in [0.1, 0.15) is 11.4 Å². The zero-order valence-corrected chi connectivity index (χ0v) is 14.8. The van der Waals surface area contributed by atoms with E-state index in [1.54, 1.807) is 6.21 Å². The summed E-state index contributed by atoms with van der Waals surface area (Å²) in [7, 11) is 0. The third-order valence-electron chi connectivity index (χ3n) is 3.04. The van der Waals surface area contributed by atoms with Crippen molar-refractivity contribution in [1.29, 1.82) is 0 Å². The molecule has 6 heteroatoms. The second kappa shape index (κ2) is 7.29. The van der Waals surface area contributed by atoms with Gasteiger partial charge < -0.3 is 4.74 Å². The summed E-state index contributed by atoms with van der Waals surface area (Å²) in [6.07, 6.45) is 1.66. The summed E-state index contributed by atoms with van der Waals surface area (Å²) in [6.45, 7) is 9.98. The van der Waals surface area contributed by atoms with Crippen LogP contribution in [0.1, 0.15) is 51.8 Å². The number of H-pyrrole nitrogens is 1. The van der Waals surface area contributed by atoms with Gasteiger partial charge in [-0.25, -0.2) is 10.4 Å². The fourth-order valence-electron chi connectivity index (χ4n) is 1.97. The molecule has 0 unspecified atom stereocenters. The van der Waals surface area contributed by atoms with E-state index in [4.69, 9.17) is 4.74 Å². The quantitative estimate of drug-likeness (QED) is 0.650. The van der Waals surface area contributed by atoms with Gasteiger partial charge in [-0.1, -0.05) is 13.8 Å². The molecule has 2 aromatic rings. The van der Waals surface area contributed by atoms with E-state index >= 15 is 0 Å². The SMILES string of the molecule is CC(C)c1cc(=O)[nH]c(N/N=C\c2ccc(OC(C)(C)C)cc2)n1. The lowest BCUT2D eigenvalue weighted by Gasteiger charge is -2.21. The van der Waals surface area contributed by atoms with Crippen LogP contribution in [0.15, 0.2) is 40.2 Å². The largest absolute Gasteiger partial charge is 0.488 e. The summed E-state index contributed by atoms with van der Waals surface area (Å²) in [4.78, 5) is 18.5. The Morgan fingerprint density at radius 1 is 1.25 bits per heavy atom. The van der Waals surface area contributed by atoms with Gasteiger partial charge in [0.05, 0.1) is 11.9 Å². The van der Waals surface area contributed by atoms with E-state index in [9.17, 15) is 4.79 Å². The molecule has 0 saturated heterocycles. The predicted molar refractivity (Wildman–Crippen MR) is 97.0 cm³/mol. The number of anilines is 1. The first kappa shape index (κ1) is 17.7. The maximum Gasteiger partial charge on any atom is 0.252 e. The van der Waals surface area contributed by atoms with Crippen LogP contribution in [0, 0.1) is 0 Å². The van der Waals surface area contributed by atoms with Crippen LogP contribution in [0.2, 0.25) is 0 Å². The first-order valence-electron chi connectivity index (χ1n) is 7.92. The van der Waals surface area contributed by atoms with E-state index in [-0.39, 0.29) is 17.1 Å². The Morgan fingerprint density at radius 2 is 1.92 bits per heavy atom. The lowest BCUT2D eigenvalue weighted by atomic mass is 10.1. The molecule has 24 heavy (non-hydrogen) atoms. The molecular weight excluding hydrogens is 304 g/mol. The van der Waals surface area contributed by atoms with Crippen molar-refractivity contribution in [3.05, 3.63) is 51.9 Å². The maximum absolute atomic E-state index is 11.6. The third kappa shape index (κ3) is 5.53. The summed E-state index contributed by atoms with van der Waals surface area (Å²) in [6, 6.07) is 9.10. The lowest BCUT2D eigenvalue weighted by Crippen LogP contribution is -2.22. The highest BCUT2D eigenvalue weighted by Crippen LogP contribution is 2.18. The Hall–Kier alpha value is -2.63. The monoisotopic (exact) mass is 328 g/mol. The Balaban J connectivity index is 2.03. The van der Waals surface area contributed by atoms with Crippen LogP contribution in [-0.4, -0.2) is 21.8 Å². The summed E-state index contributed by atoms with van der Waals surface area (Å²) < 4.78 is 5.77. The highest BCUT2D eigenvalue weighted by Gasteiger charge is 2.11. The molecule has 6 nitrogen and oxygen atoms in total. The normalized spacial score (nSPS) is 11.9. The Morgan fingerprint density at radius 3 is 2.50 bits per heavy atom. The standard InChI is InChI=1S/C18H24N4O2/c1-12(2)15-10-16(23)21-17(20-15)22-19-11-13-6-8-14(9-7-13)24-18(3,4)5/h6-12H,1-5H3,(H2,20,21,22,23)/b19-11-. The predicted octanol–water partition coefficient (Wildman–Crippen LogP) is 3.52. The number of hydrogen-bond donors (Lipinski definition) is 2. The van der Waals surface area contributed by atoms with E-state index in [1.807, 2.05) is 58.9 Å². The molecule has 0 aliphatic heterocycles. The second-order valence-electron chi connectivity index (χ2n) is 6.83. The van der Waals surface area contributed by atoms with E-state index < -0.39 is 0 Å². The van der Waals surface area contributed by atoms with Gasteiger partial charge in [0.25, 0.3) is 5.56 Å². The van der Waals surface area contributed by atoms with Crippen molar-refractivity contribution in [2.75, 3.05) is 5.43 Å². The molecule has 0 fully saturated rings. The smallest absolute Gasteiger partial charge is 0.252 e. The molecule has 0 radical (unpaired) electrons. The Labute approximate surface area is 142 Å². The minimum atomic E-state index is -0.226. The number of benzene rings is 1. The average molecular weight is 328 g/mol. The summed E-state index contributed by atoms with van der Waals surface area (Å²) in [5.74, 6) is 1.31. The van der Waals surface area contributed by atoms with Gasteiger partial charge in [0.15, 0.2) is 0 Å². The van der Waals surface area contributed by atoms with Gasteiger partial charge in [-0.3, -0.25) is 9.78 Å². The molecule has 1 heterocycles. The summed E-state index contributed by atoms with van der Waals surface area (Å²) in [5.41, 5.74) is 3.96. The summed E-state index contributed by atoms with van der Waals surface area (Å²) >= 11 is 0. The van der Waals surface area contributed by atoms with E-state index in [1.165, 1.54) is 6.07 Å². The molecule has 0 atom stereocenters. The molecular formula is C18H24N4O2. The van der Waals surface area contributed by atoms with Crippen LogP contribution < -0.4 is 15.7 Å². The van der Waals surface area contributed by atoms with Crippen LogP contribution in [-0.2, 0) is 0 Å². The summed E-state index contributed by atoms with van der Waals surface area (Å²) in [5, 5.41) is 4.11. The number of hydrazone groups is 1. The molecule has 1 aromatic heterocycles. The Kier molecular flexibility index (Phi) is 5.39. The molecule has 2 rings (SSSR count). The second-order valence-corrected chi connectivity index (χ2v) is 6.83. The topological polar surface area (TPSA) is 79.4 Å². The van der Waals surface area contributed by atoms with Crippen molar-refractivity contribution in [2.45, 2.75) is 46.1 Å². The van der Waals surface area contributed by atoms with Crippen molar-refractivity contribution in [3.63, 3.8) is 0 Å². The van der Waals surface area contributed by atoms with Crippen LogP contribution in [0.4, 0.5) is 5.95 Å². The molecule has 2 N–H and O–H groups in total.